The van der Waals surface area contributed by atoms with E-state index in [-0.39, 0.29) is 19.1 Å². The molecular weight excluding hydrogens is 406 g/mol. The Morgan fingerprint density at radius 2 is 1.75 bits per heavy atom. The molecule has 2 aromatic carbocycles. The summed E-state index contributed by atoms with van der Waals surface area (Å²) >= 11 is 0. The molecule has 1 heterocycles. The van der Waals surface area contributed by atoms with Crippen molar-refractivity contribution in [1.82, 2.24) is 4.90 Å². The van der Waals surface area contributed by atoms with E-state index in [9.17, 15) is 14.7 Å². The zero-order valence-electron chi connectivity index (χ0n) is 19.3. The molecule has 1 N–H and O–H groups in total. The fourth-order valence-electron chi connectivity index (χ4n) is 4.27. The Balaban J connectivity index is 1.85. The first-order chi connectivity index (χ1) is 15.1. The van der Waals surface area contributed by atoms with Crippen molar-refractivity contribution in [1.29, 1.82) is 0 Å². The van der Waals surface area contributed by atoms with Crippen LogP contribution in [0.5, 0.6) is 0 Å². The Hall–Kier alpha value is -2.70. The number of carboxylic acid groups (broad SMARTS) is 1. The molecule has 0 aromatic heterocycles. The van der Waals surface area contributed by atoms with Gasteiger partial charge in [-0.15, -0.1) is 0 Å². The average Bonchev–Trinajstić information content (AvgIpc) is 2.71. The Kier molecular flexibility index (Phi) is 7.69. The summed E-state index contributed by atoms with van der Waals surface area (Å²) in [5.41, 5.74) is 2.58. The van der Waals surface area contributed by atoms with Gasteiger partial charge in [0.1, 0.15) is 12.6 Å². The number of ether oxygens (including phenoxy) is 2. The lowest BCUT2D eigenvalue weighted by Gasteiger charge is -2.43. The van der Waals surface area contributed by atoms with E-state index in [4.69, 9.17) is 9.47 Å². The van der Waals surface area contributed by atoms with Crippen LogP contribution in [-0.2, 0) is 32.2 Å². The van der Waals surface area contributed by atoms with Crippen LogP contribution in [0.15, 0.2) is 54.6 Å². The summed E-state index contributed by atoms with van der Waals surface area (Å²) in [6.45, 7) is 8.88. The summed E-state index contributed by atoms with van der Waals surface area (Å²) in [5.74, 6) is -2.43. The second kappa shape index (κ2) is 10.3. The highest BCUT2D eigenvalue weighted by Crippen LogP contribution is 2.31. The summed E-state index contributed by atoms with van der Waals surface area (Å²) < 4.78 is 11.7. The molecule has 0 aliphatic carbocycles. The first kappa shape index (κ1) is 24.0. The molecule has 3 atom stereocenters. The number of rotatable bonds is 7. The van der Waals surface area contributed by atoms with Gasteiger partial charge in [0.05, 0.1) is 17.6 Å². The van der Waals surface area contributed by atoms with Gasteiger partial charge in [0.25, 0.3) is 0 Å². The Morgan fingerprint density at radius 1 is 1.06 bits per heavy atom. The molecule has 6 heteroatoms. The molecule has 0 bridgehead atoms. The van der Waals surface area contributed by atoms with Crippen molar-refractivity contribution < 1.29 is 24.2 Å². The molecule has 0 spiro atoms. The summed E-state index contributed by atoms with van der Waals surface area (Å²) in [6, 6.07) is 16.5. The highest BCUT2D eigenvalue weighted by atomic mass is 16.5. The lowest BCUT2D eigenvalue weighted by molar-refractivity contribution is -0.173. The van der Waals surface area contributed by atoms with Crippen LogP contribution in [0.4, 0.5) is 0 Å². The van der Waals surface area contributed by atoms with Crippen LogP contribution in [0.3, 0.4) is 0 Å². The van der Waals surface area contributed by atoms with Gasteiger partial charge in [0, 0.05) is 13.1 Å². The Labute approximate surface area is 190 Å². The van der Waals surface area contributed by atoms with Gasteiger partial charge in [0.15, 0.2) is 0 Å². The molecule has 0 amide bonds. The van der Waals surface area contributed by atoms with E-state index < -0.39 is 29.5 Å². The lowest BCUT2D eigenvalue weighted by atomic mass is 9.86. The monoisotopic (exact) mass is 439 g/mol. The normalized spacial score (nSPS) is 21.8. The third-order valence-electron chi connectivity index (χ3n) is 5.50. The molecule has 1 saturated heterocycles. The van der Waals surface area contributed by atoms with Crippen molar-refractivity contribution in [3.63, 3.8) is 0 Å². The summed E-state index contributed by atoms with van der Waals surface area (Å²) in [7, 11) is 0. The molecule has 1 aliphatic heterocycles. The first-order valence-electron chi connectivity index (χ1n) is 11.0. The van der Waals surface area contributed by atoms with Gasteiger partial charge >= 0.3 is 11.9 Å². The van der Waals surface area contributed by atoms with E-state index in [0.717, 1.165) is 16.7 Å². The van der Waals surface area contributed by atoms with Crippen molar-refractivity contribution in [3.05, 3.63) is 71.3 Å². The number of piperidine rings is 1. The van der Waals surface area contributed by atoms with Crippen molar-refractivity contribution in [2.45, 2.75) is 65.0 Å². The molecule has 32 heavy (non-hydrogen) atoms. The average molecular weight is 440 g/mol. The third kappa shape index (κ3) is 6.65. The SMILES string of the molecule is Cc1cccc(CN2C[C@@H](OC(C)(C)C)C[C@H](C(=O)O)[C@H]2C(=O)OCc2ccccc2)c1. The van der Waals surface area contributed by atoms with Gasteiger partial charge in [-0.1, -0.05) is 60.2 Å². The minimum atomic E-state index is -1.01. The molecule has 172 valence electrons. The van der Waals surface area contributed by atoms with Crippen molar-refractivity contribution in [2.75, 3.05) is 6.54 Å². The molecule has 1 fully saturated rings. The second-order valence-electron chi connectivity index (χ2n) is 9.49. The maximum absolute atomic E-state index is 13.2. The molecule has 0 radical (unpaired) electrons. The second-order valence-corrected chi connectivity index (χ2v) is 9.49. The number of hydrogen-bond donors (Lipinski definition) is 1. The Bertz CT molecular complexity index is 921. The zero-order chi connectivity index (χ0) is 23.3. The van der Waals surface area contributed by atoms with Crippen molar-refractivity contribution >= 4 is 11.9 Å². The number of nitrogens with zero attached hydrogens (tertiary/aromatic N) is 1. The highest BCUT2D eigenvalue weighted by molar-refractivity contribution is 5.84. The molecule has 1 aliphatic rings. The van der Waals surface area contributed by atoms with E-state index >= 15 is 0 Å². The molecular formula is C26H33NO5. The quantitative estimate of drug-likeness (QED) is 0.652. The minimum absolute atomic E-state index is 0.114. The number of hydrogen-bond acceptors (Lipinski definition) is 5. The number of aryl methyl sites for hydroxylation is 1. The summed E-state index contributed by atoms with van der Waals surface area (Å²) in [6.07, 6.45) is -0.0266. The number of carbonyl (C=O) groups excluding carboxylic acids is 1. The van der Waals surface area contributed by atoms with E-state index in [1.54, 1.807) is 0 Å². The highest BCUT2D eigenvalue weighted by Gasteiger charge is 2.46. The molecule has 6 nitrogen and oxygen atoms in total. The van der Waals surface area contributed by atoms with E-state index in [1.165, 1.54) is 0 Å². The number of likely N-dealkylation sites (tertiary alicyclic amines) is 1. The predicted octanol–water partition coefficient (Wildman–Crippen LogP) is 4.20. The summed E-state index contributed by atoms with van der Waals surface area (Å²) in [4.78, 5) is 27.3. The van der Waals surface area contributed by atoms with Gasteiger partial charge in [0.2, 0.25) is 0 Å². The Morgan fingerprint density at radius 3 is 2.38 bits per heavy atom. The summed E-state index contributed by atoms with van der Waals surface area (Å²) in [5, 5.41) is 10.00. The number of carboxylic acids is 1. The lowest BCUT2D eigenvalue weighted by Crippen LogP contribution is -2.57. The van der Waals surface area contributed by atoms with Crippen LogP contribution in [0.2, 0.25) is 0 Å². The van der Waals surface area contributed by atoms with Gasteiger partial charge in [-0.2, -0.15) is 0 Å². The minimum Gasteiger partial charge on any atom is -0.481 e. The van der Waals surface area contributed by atoms with E-state index in [2.05, 4.69) is 6.07 Å². The molecule has 0 unspecified atom stereocenters. The van der Waals surface area contributed by atoms with Crippen LogP contribution in [-0.4, -0.2) is 46.2 Å². The van der Waals surface area contributed by atoms with Gasteiger partial charge in [-0.05, 0) is 45.2 Å². The third-order valence-corrected chi connectivity index (χ3v) is 5.50. The van der Waals surface area contributed by atoms with Crippen molar-refractivity contribution in [3.8, 4) is 0 Å². The van der Waals surface area contributed by atoms with Crippen LogP contribution in [0.1, 0.15) is 43.9 Å². The first-order valence-corrected chi connectivity index (χ1v) is 11.0. The maximum atomic E-state index is 13.2. The van der Waals surface area contributed by atoms with E-state index in [0.29, 0.717) is 13.1 Å². The van der Waals surface area contributed by atoms with Gasteiger partial charge in [-0.3, -0.25) is 14.5 Å². The predicted molar refractivity (Wildman–Crippen MR) is 122 cm³/mol. The van der Waals surface area contributed by atoms with Crippen LogP contribution in [0.25, 0.3) is 0 Å². The smallest absolute Gasteiger partial charge is 0.324 e. The topological polar surface area (TPSA) is 76.1 Å². The molecule has 2 aromatic rings. The molecule has 0 saturated carbocycles. The van der Waals surface area contributed by atoms with Crippen LogP contribution in [0, 0.1) is 12.8 Å². The molecule has 3 rings (SSSR count). The fraction of sp³-hybridized carbons (Fsp3) is 0.462. The number of aliphatic carboxylic acids is 1. The van der Waals surface area contributed by atoms with Crippen LogP contribution >= 0.6 is 0 Å². The fourth-order valence-corrected chi connectivity index (χ4v) is 4.27. The zero-order valence-corrected chi connectivity index (χ0v) is 19.3. The largest absolute Gasteiger partial charge is 0.481 e. The van der Waals surface area contributed by atoms with Crippen LogP contribution < -0.4 is 0 Å². The van der Waals surface area contributed by atoms with Gasteiger partial charge < -0.3 is 14.6 Å². The number of carbonyl (C=O) groups is 2. The number of esters is 1. The number of benzene rings is 2. The van der Waals surface area contributed by atoms with Gasteiger partial charge in [-0.25, -0.2) is 0 Å². The van der Waals surface area contributed by atoms with E-state index in [1.807, 2.05) is 81.1 Å². The standard InChI is InChI=1S/C26H33NO5/c1-18-9-8-12-20(13-18)15-27-16-21(32-26(2,3)4)14-22(24(28)29)23(27)25(30)31-17-19-10-6-5-7-11-19/h5-13,21-23H,14-17H2,1-4H3,(H,28,29)/t21-,22-,23-/m0/s1. The maximum Gasteiger partial charge on any atom is 0.324 e. The van der Waals surface area contributed by atoms with Crippen molar-refractivity contribution in [2.24, 2.45) is 5.92 Å².